The lowest BCUT2D eigenvalue weighted by Gasteiger charge is -2.32. The van der Waals surface area contributed by atoms with Gasteiger partial charge in [0, 0.05) is 0 Å². The summed E-state index contributed by atoms with van der Waals surface area (Å²) in [7, 11) is 0. The van der Waals surface area contributed by atoms with E-state index < -0.39 is 17.2 Å². The van der Waals surface area contributed by atoms with Crippen LogP contribution in [0.3, 0.4) is 0 Å². The van der Waals surface area contributed by atoms with Gasteiger partial charge < -0.3 is 0 Å². The molecule has 6 nitrogen and oxygen atoms in total. The quantitative estimate of drug-likeness (QED) is 0.286. The van der Waals surface area contributed by atoms with E-state index in [2.05, 4.69) is 0 Å². The SMILES string of the molecule is O=C(NO)C1(C(=O)NO)CCCCC1. The van der Waals surface area contributed by atoms with Crippen LogP contribution in [0.15, 0.2) is 0 Å². The zero-order valence-corrected chi connectivity index (χ0v) is 7.75. The summed E-state index contributed by atoms with van der Waals surface area (Å²) in [6.45, 7) is 0. The summed E-state index contributed by atoms with van der Waals surface area (Å²) in [5, 5.41) is 17.1. The number of hydroxylamine groups is 2. The first-order valence-electron chi connectivity index (χ1n) is 4.56. The van der Waals surface area contributed by atoms with Gasteiger partial charge in [-0.1, -0.05) is 19.3 Å². The van der Waals surface area contributed by atoms with E-state index in [1.54, 1.807) is 0 Å². The molecule has 80 valence electrons. The lowest BCUT2D eigenvalue weighted by atomic mass is 9.73. The van der Waals surface area contributed by atoms with Crippen molar-refractivity contribution < 1.29 is 20.0 Å². The summed E-state index contributed by atoms with van der Waals surface area (Å²) in [6.07, 6.45) is 3.14. The van der Waals surface area contributed by atoms with Crippen LogP contribution in [0.4, 0.5) is 0 Å². The molecule has 1 aliphatic rings. The molecule has 0 bridgehead atoms. The van der Waals surface area contributed by atoms with Crippen molar-refractivity contribution in [2.45, 2.75) is 32.1 Å². The van der Waals surface area contributed by atoms with Crippen LogP contribution >= 0.6 is 0 Å². The molecule has 2 amide bonds. The Labute approximate surface area is 81.2 Å². The van der Waals surface area contributed by atoms with Gasteiger partial charge in [0.1, 0.15) is 5.41 Å². The molecule has 4 N–H and O–H groups in total. The summed E-state index contributed by atoms with van der Waals surface area (Å²) in [5.41, 5.74) is 1.66. The number of carbonyl (C=O) groups excluding carboxylic acids is 2. The van der Waals surface area contributed by atoms with Gasteiger partial charge in [-0.05, 0) is 12.8 Å². The number of hydrogen-bond donors (Lipinski definition) is 4. The Morgan fingerprint density at radius 2 is 1.36 bits per heavy atom. The van der Waals surface area contributed by atoms with E-state index in [0.29, 0.717) is 12.8 Å². The van der Waals surface area contributed by atoms with Crippen LogP contribution in [0.2, 0.25) is 0 Å². The summed E-state index contributed by atoms with van der Waals surface area (Å²) < 4.78 is 0. The number of rotatable bonds is 2. The van der Waals surface area contributed by atoms with Crippen LogP contribution in [0, 0.1) is 5.41 Å². The van der Waals surface area contributed by atoms with E-state index in [9.17, 15) is 9.59 Å². The molecule has 0 aliphatic heterocycles. The van der Waals surface area contributed by atoms with E-state index >= 15 is 0 Å². The average molecular weight is 202 g/mol. The van der Waals surface area contributed by atoms with Crippen molar-refractivity contribution in [3.63, 3.8) is 0 Å². The van der Waals surface area contributed by atoms with Crippen molar-refractivity contribution in [3.8, 4) is 0 Å². The first-order valence-corrected chi connectivity index (χ1v) is 4.56. The van der Waals surface area contributed by atoms with Gasteiger partial charge in [-0.3, -0.25) is 20.0 Å². The smallest absolute Gasteiger partial charge is 0.259 e. The van der Waals surface area contributed by atoms with Gasteiger partial charge in [-0.2, -0.15) is 0 Å². The Hall–Kier alpha value is -1.14. The summed E-state index contributed by atoms with van der Waals surface area (Å²) in [5.74, 6) is -1.49. The van der Waals surface area contributed by atoms with Crippen LogP contribution in [0.5, 0.6) is 0 Å². The van der Waals surface area contributed by atoms with Gasteiger partial charge in [0.2, 0.25) is 0 Å². The lowest BCUT2D eigenvalue weighted by Crippen LogP contribution is -2.51. The Balaban J connectivity index is 2.87. The minimum Gasteiger partial charge on any atom is -0.289 e. The van der Waals surface area contributed by atoms with E-state index in [-0.39, 0.29) is 0 Å². The van der Waals surface area contributed by atoms with Crippen LogP contribution in [0.1, 0.15) is 32.1 Å². The molecule has 0 aromatic heterocycles. The maximum absolute atomic E-state index is 11.4. The van der Waals surface area contributed by atoms with Crippen LogP contribution in [-0.4, -0.2) is 22.2 Å². The molecule has 1 aliphatic carbocycles. The second kappa shape index (κ2) is 4.39. The van der Waals surface area contributed by atoms with Crippen molar-refractivity contribution in [3.05, 3.63) is 0 Å². The summed E-state index contributed by atoms with van der Waals surface area (Å²) in [6, 6.07) is 0. The van der Waals surface area contributed by atoms with E-state index in [0.717, 1.165) is 19.3 Å². The first-order chi connectivity index (χ1) is 6.67. The predicted octanol–water partition coefficient (Wildman–Crippen LogP) is -0.0523. The molecule has 0 spiro atoms. The second-order valence-electron chi connectivity index (χ2n) is 3.52. The fourth-order valence-corrected chi connectivity index (χ4v) is 1.93. The molecule has 6 heteroatoms. The van der Waals surface area contributed by atoms with Gasteiger partial charge in [-0.15, -0.1) is 0 Å². The number of amides is 2. The minimum absolute atomic E-state index is 0.353. The van der Waals surface area contributed by atoms with Gasteiger partial charge >= 0.3 is 0 Å². The average Bonchev–Trinajstić information content (AvgIpc) is 2.27. The minimum atomic E-state index is -1.30. The zero-order chi connectivity index (χ0) is 10.6. The monoisotopic (exact) mass is 202 g/mol. The van der Waals surface area contributed by atoms with Gasteiger partial charge in [0.05, 0.1) is 0 Å². The molecule has 1 rings (SSSR count). The van der Waals surface area contributed by atoms with Crippen molar-refractivity contribution >= 4 is 11.8 Å². The second-order valence-corrected chi connectivity index (χ2v) is 3.52. The van der Waals surface area contributed by atoms with E-state index in [1.807, 2.05) is 0 Å². The van der Waals surface area contributed by atoms with Crippen LogP contribution < -0.4 is 11.0 Å². The Morgan fingerprint density at radius 1 is 0.929 bits per heavy atom. The van der Waals surface area contributed by atoms with Crippen molar-refractivity contribution in [2.75, 3.05) is 0 Å². The third-order valence-electron chi connectivity index (χ3n) is 2.78. The molecular weight excluding hydrogens is 188 g/mol. The van der Waals surface area contributed by atoms with Gasteiger partial charge in [-0.25, -0.2) is 11.0 Å². The lowest BCUT2D eigenvalue weighted by molar-refractivity contribution is -0.156. The maximum Gasteiger partial charge on any atom is 0.259 e. The zero-order valence-electron chi connectivity index (χ0n) is 7.75. The fourth-order valence-electron chi connectivity index (χ4n) is 1.93. The number of hydrogen-bond acceptors (Lipinski definition) is 4. The standard InChI is InChI=1S/C8H14N2O4/c11-6(9-13)8(7(12)10-14)4-2-1-3-5-8/h13-14H,1-5H2,(H,9,11)(H,10,12). The number of nitrogens with one attached hydrogen (secondary N) is 2. The third-order valence-corrected chi connectivity index (χ3v) is 2.78. The highest BCUT2D eigenvalue weighted by atomic mass is 16.5. The predicted molar refractivity (Wildman–Crippen MR) is 45.4 cm³/mol. The summed E-state index contributed by atoms with van der Waals surface area (Å²) in [4.78, 5) is 22.7. The number of carbonyl (C=O) groups is 2. The molecule has 1 saturated carbocycles. The molecule has 0 aromatic rings. The van der Waals surface area contributed by atoms with Crippen LogP contribution in [0.25, 0.3) is 0 Å². The summed E-state index contributed by atoms with van der Waals surface area (Å²) >= 11 is 0. The fraction of sp³-hybridized carbons (Fsp3) is 0.750. The van der Waals surface area contributed by atoms with Crippen LogP contribution in [-0.2, 0) is 9.59 Å². The molecule has 1 fully saturated rings. The molecule has 0 heterocycles. The molecule has 0 aromatic carbocycles. The Morgan fingerprint density at radius 3 is 1.71 bits per heavy atom. The topological polar surface area (TPSA) is 98.7 Å². The molecule has 0 radical (unpaired) electrons. The highest BCUT2D eigenvalue weighted by Gasteiger charge is 2.46. The van der Waals surface area contributed by atoms with Crippen molar-refractivity contribution in [2.24, 2.45) is 5.41 Å². The van der Waals surface area contributed by atoms with Crippen molar-refractivity contribution in [1.82, 2.24) is 11.0 Å². The Bertz CT molecular complexity index is 217. The largest absolute Gasteiger partial charge is 0.289 e. The van der Waals surface area contributed by atoms with Gasteiger partial charge in [0.15, 0.2) is 0 Å². The molecular formula is C8H14N2O4. The molecule has 0 saturated heterocycles. The molecule has 0 unspecified atom stereocenters. The molecule has 0 atom stereocenters. The van der Waals surface area contributed by atoms with Crippen molar-refractivity contribution in [1.29, 1.82) is 0 Å². The Kier molecular flexibility index (Phi) is 3.43. The highest BCUT2D eigenvalue weighted by molar-refractivity contribution is 6.04. The highest BCUT2D eigenvalue weighted by Crippen LogP contribution is 2.36. The van der Waals surface area contributed by atoms with Gasteiger partial charge in [0.25, 0.3) is 11.8 Å². The van der Waals surface area contributed by atoms with E-state index in [1.165, 1.54) is 11.0 Å². The normalized spacial score (nSPS) is 19.9. The molecule has 14 heavy (non-hydrogen) atoms. The first kappa shape index (κ1) is 10.9. The third kappa shape index (κ3) is 1.71. The maximum atomic E-state index is 11.4. The van der Waals surface area contributed by atoms with E-state index in [4.69, 9.17) is 10.4 Å².